The van der Waals surface area contributed by atoms with Crippen LogP contribution < -0.4 is 5.32 Å². The minimum atomic E-state index is -0.898. The molecule has 5 heteroatoms. The van der Waals surface area contributed by atoms with Gasteiger partial charge in [-0.25, -0.2) is 4.79 Å². The number of nitrogens with one attached hydrogen (secondary N) is 1. The van der Waals surface area contributed by atoms with E-state index in [9.17, 15) is 14.7 Å². The van der Waals surface area contributed by atoms with E-state index in [0.717, 1.165) is 17.7 Å². The van der Waals surface area contributed by atoms with Crippen molar-refractivity contribution in [3.8, 4) is 0 Å². The summed E-state index contributed by atoms with van der Waals surface area (Å²) in [6, 6.07) is 6.82. The Bertz CT molecular complexity index is 547. The van der Waals surface area contributed by atoms with E-state index in [1.807, 2.05) is 31.2 Å². The topological polar surface area (TPSA) is 69.6 Å². The summed E-state index contributed by atoms with van der Waals surface area (Å²) in [4.78, 5) is 25.7. The molecule has 0 spiro atoms. The molecule has 1 aromatic rings. The number of para-hydroxylation sites is 1. The Labute approximate surface area is 123 Å². The summed E-state index contributed by atoms with van der Waals surface area (Å²) in [6.07, 6.45) is 2.04. The average molecular weight is 288 g/mol. The van der Waals surface area contributed by atoms with Crippen molar-refractivity contribution in [2.45, 2.75) is 38.3 Å². The van der Waals surface area contributed by atoms with Gasteiger partial charge in [0.25, 0.3) is 0 Å². The number of fused-ring (bicyclic) bond motifs is 1. The number of carboxylic acid groups (broad SMARTS) is 1. The smallest absolute Gasteiger partial charge is 0.326 e. The van der Waals surface area contributed by atoms with Crippen LogP contribution in [0.2, 0.25) is 0 Å². The Kier molecular flexibility index (Phi) is 3.57. The van der Waals surface area contributed by atoms with Crippen molar-refractivity contribution in [2.24, 2.45) is 5.92 Å². The van der Waals surface area contributed by atoms with Gasteiger partial charge in [-0.3, -0.25) is 4.79 Å². The lowest BCUT2D eigenvalue weighted by Crippen LogP contribution is -2.54. The fourth-order valence-corrected chi connectivity index (χ4v) is 3.29. The van der Waals surface area contributed by atoms with E-state index < -0.39 is 12.0 Å². The number of carbonyl (C=O) groups excluding carboxylic acids is 1. The lowest BCUT2D eigenvalue weighted by atomic mass is 9.91. The average Bonchev–Trinajstić information content (AvgIpc) is 2.90. The summed E-state index contributed by atoms with van der Waals surface area (Å²) in [5.74, 6) is -0.639. The van der Waals surface area contributed by atoms with E-state index in [-0.39, 0.29) is 11.9 Å². The second-order valence-corrected chi connectivity index (χ2v) is 6.07. The third kappa shape index (κ3) is 2.60. The molecular formula is C16H20N2O3. The number of likely N-dealkylation sites (tertiary alicyclic amines) is 1. The lowest BCUT2D eigenvalue weighted by molar-refractivity contribution is -0.153. The molecule has 2 N–H and O–H groups in total. The first kappa shape index (κ1) is 13.9. The summed E-state index contributed by atoms with van der Waals surface area (Å²) in [6.45, 7) is 2.58. The largest absolute Gasteiger partial charge is 0.480 e. The number of anilines is 1. The molecule has 1 amide bonds. The maximum absolute atomic E-state index is 12.7. The van der Waals surface area contributed by atoms with Crippen LogP contribution in [0.5, 0.6) is 0 Å². The van der Waals surface area contributed by atoms with Gasteiger partial charge in [0, 0.05) is 18.7 Å². The number of aliphatic carboxylic acids is 1. The normalized spacial score (nSPS) is 27.9. The molecule has 1 saturated heterocycles. The molecule has 2 unspecified atom stereocenters. The van der Waals surface area contributed by atoms with Gasteiger partial charge in [0.15, 0.2) is 0 Å². The molecule has 2 heterocycles. The third-order valence-corrected chi connectivity index (χ3v) is 4.50. The summed E-state index contributed by atoms with van der Waals surface area (Å²) in [7, 11) is 0. The summed E-state index contributed by atoms with van der Waals surface area (Å²) in [5, 5.41) is 12.6. The molecule has 2 aliphatic rings. The molecule has 5 nitrogen and oxygen atoms in total. The minimum Gasteiger partial charge on any atom is -0.480 e. The first-order chi connectivity index (χ1) is 10.1. The molecular weight excluding hydrogens is 268 g/mol. The second-order valence-electron chi connectivity index (χ2n) is 6.07. The zero-order valence-electron chi connectivity index (χ0n) is 12.1. The van der Waals surface area contributed by atoms with Gasteiger partial charge in [-0.15, -0.1) is 0 Å². The molecule has 0 radical (unpaired) electrons. The van der Waals surface area contributed by atoms with Crippen molar-refractivity contribution < 1.29 is 14.7 Å². The molecule has 0 saturated carbocycles. The van der Waals surface area contributed by atoms with Crippen LogP contribution >= 0.6 is 0 Å². The summed E-state index contributed by atoms with van der Waals surface area (Å²) < 4.78 is 0. The Morgan fingerprint density at radius 2 is 2.10 bits per heavy atom. The molecule has 112 valence electrons. The number of nitrogens with zero attached hydrogens (tertiary/aromatic N) is 1. The third-order valence-electron chi connectivity index (χ3n) is 4.50. The van der Waals surface area contributed by atoms with Crippen LogP contribution in [0.25, 0.3) is 0 Å². The zero-order chi connectivity index (χ0) is 15.0. The number of benzene rings is 1. The van der Waals surface area contributed by atoms with Gasteiger partial charge >= 0.3 is 5.97 Å². The van der Waals surface area contributed by atoms with Gasteiger partial charge in [0.05, 0.1) is 0 Å². The first-order valence-corrected chi connectivity index (χ1v) is 7.44. The van der Waals surface area contributed by atoms with Gasteiger partial charge in [-0.1, -0.05) is 25.1 Å². The van der Waals surface area contributed by atoms with E-state index in [1.54, 1.807) is 4.90 Å². The van der Waals surface area contributed by atoms with Crippen LogP contribution in [-0.4, -0.2) is 40.5 Å². The Balaban J connectivity index is 1.75. The van der Waals surface area contributed by atoms with Crippen LogP contribution in [0.1, 0.15) is 25.3 Å². The van der Waals surface area contributed by atoms with E-state index in [1.165, 1.54) is 0 Å². The molecule has 0 aliphatic carbocycles. The number of carboxylic acids is 1. The molecule has 2 aliphatic heterocycles. The number of hydrogen-bond donors (Lipinski definition) is 2. The fraction of sp³-hybridized carbons (Fsp3) is 0.500. The number of piperidine rings is 1. The van der Waals surface area contributed by atoms with Crippen molar-refractivity contribution in [2.75, 3.05) is 11.9 Å². The van der Waals surface area contributed by atoms with E-state index >= 15 is 0 Å². The molecule has 21 heavy (non-hydrogen) atoms. The summed E-state index contributed by atoms with van der Waals surface area (Å²) >= 11 is 0. The predicted molar refractivity (Wildman–Crippen MR) is 79.1 cm³/mol. The number of carbonyl (C=O) groups is 2. The highest BCUT2D eigenvalue weighted by Crippen LogP contribution is 2.29. The van der Waals surface area contributed by atoms with Crippen LogP contribution in [0.15, 0.2) is 24.3 Å². The van der Waals surface area contributed by atoms with E-state index in [4.69, 9.17) is 0 Å². The molecule has 0 aromatic heterocycles. The lowest BCUT2D eigenvalue weighted by Gasteiger charge is -2.37. The Hall–Kier alpha value is -2.04. The first-order valence-electron chi connectivity index (χ1n) is 7.44. The predicted octanol–water partition coefficient (Wildman–Crippen LogP) is 1.73. The van der Waals surface area contributed by atoms with Crippen molar-refractivity contribution in [1.82, 2.24) is 4.90 Å². The van der Waals surface area contributed by atoms with Crippen molar-refractivity contribution >= 4 is 17.6 Å². The van der Waals surface area contributed by atoms with Crippen LogP contribution in [0.4, 0.5) is 5.69 Å². The highest BCUT2D eigenvalue weighted by atomic mass is 16.4. The minimum absolute atomic E-state index is 0.0921. The second kappa shape index (κ2) is 5.39. The van der Waals surface area contributed by atoms with Gasteiger partial charge < -0.3 is 15.3 Å². The van der Waals surface area contributed by atoms with Gasteiger partial charge in [0.1, 0.15) is 12.1 Å². The fourth-order valence-electron chi connectivity index (χ4n) is 3.29. The quantitative estimate of drug-likeness (QED) is 0.869. The SMILES string of the molecule is CC1CCN(C(=O)[C@@H]2Cc3ccccc3N2)C(C(=O)O)C1. The molecule has 1 aromatic carbocycles. The van der Waals surface area contributed by atoms with E-state index in [2.05, 4.69) is 5.32 Å². The highest BCUT2D eigenvalue weighted by molar-refractivity contribution is 5.91. The maximum atomic E-state index is 12.7. The van der Waals surface area contributed by atoms with Crippen LogP contribution in [0.3, 0.4) is 0 Å². The van der Waals surface area contributed by atoms with Crippen molar-refractivity contribution in [1.29, 1.82) is 0 Å². The summed E-state index contributed by atoms with van der Waals surface area (Å²) in [5.41, 5.74) is 2.10. The standard InChI is InChI=1S/C16H20N2O3/c1-10-6-7-18(14(8-10)16(20)21)15(19)13-9-11-4-2-3-5-12(11)17-13/h2-5,10,13-14,17H,6-9H2,1H3,(H,20,21)/t10?,13-,14?/m0/s1. The molecule has 3 atom stereocenters. The molecule has 3 rings (SSSR count). The van der Waals surface area contributed by atoms with Gasteiger partial charge in [-0.2, -0.15) is 0 Å². The molecule has 0 bridgehead atoms. The Morgan fingerprint density at radius 3 is 2.81 bits per heavy atom. The number of amides is 1. The Morgan fingerprint density at radius 1 is 1.33 bits per heavy atom. The number of hydrogen-bond acceptors (Lipinski definition) is 3. The van der Waals surface area contributed by atoms with Gasteiger partial charge in [0.2, 0.25) is 5.91 Å². The molecule has 1 fully saturated rings. The van der Waals surface area contributed by atoms with E-state index in [0.29, 0.717) is 25.3 Å². The monoisotopic (exact) mass is 288 g/mol. The number of rotatable bonds is 2. The maximum Gasteiger partial charge on any atom is 0.326 e. The van der Waals surface area contributed by atoms with Crippen LogP contribution in [-0.2, 0) is 16.0 Å². The van der Waals surface area contributed by atoms with Crippen LogP contribution in [0, 0.1) is 5.92 Å². The van der Waals surface area contributed by atoms with Crippen molar-refractivity contribution in [3.05, 3.63) is 29.8 Å². The van der Waals surface area contributed by atoms with Gasteiger partial charge in [-0.05, 0) is 30.4 Å². The van der Waals surface area contributed by atoms with Crippen molar-refractivity contribution in [3.63, 3.8) is 0 Å². The highest BCUT2D eigenvalue weighted by Gasteiger charge is 2.39. The zero-order valence-corrected chi connectivity index (χ0v) is 12.1.